The zero-order chi connectivity index (χ0) is 12.0. The number of rotatable bonds is 1. The molecule has 0 radical (unpaired) electrons. The fraction of sp³-hybridized carbons (Fsp3) is 0.692. The van der Waals surface area contributed by atoms with Crippen LogP contribution in [0, 0.1) is 12.8 Å². The lowest BCUT2D eigenvalue weighted by atomic mass is 10.00. The zero-order valence-corrected chi connectivity index (χ0v) is 10.9. The fourth-order valence-corrected chi connectivity index (χ4v) is 1.76. The summed E-state index contributed by atoms with van der Waals surface area (Å²) in [5.74, 6) is 1.75. The molecule has 1 aromatic heterocycles. The molecule has 1 saturated heterocycles. The van der Waals surface area contributed by atoms with Crippen LogP contribution in [0.3, 0.4) is 0 Å². The van der Waals surface area contributed by atoms with E-state index in [1.165, 1.54) is 12.8 Å². The second-order valence-corrected chi connectivity index (χ2v) is 4.23. The standard InChI is InChI=1S/C11H17N3.C2H6.H2/c1-9-3-5-14(6-4-9)11-12-7-10(2)8-13-11;1-2;/h7-9H,3-6H2,1-2H3;1-2H3;1H. The van der Waals surface area contributed by atoms with Crippen LogP contribution in [0.1, 0.15) is 40.6 Å². The summed E-state index contributed by atoms with van der Waals surface area (Å²) in [6.07, 6.45) is 6.30. The van der Waals surface area contributed by atoms with Gasteiger partial charge in [0.15, 0.2) is 0 Å². The molecular formula is C13H25N3. The molecule has 92 valence electrons. The summed E-state index contributed by atoms with van der Waals surface area (Å²) in [4.78, 5) is 11.0. The zero-order valence-electron chi connectivity index (χ0n) is 10.9. The van der Waals surface area contributed by atoms with Gasteiger partial charge in [-0.25, -0.2) is 9.97 Å². The van der Waals surface area contributed by atoms with Crippen LogP contribution >= 0.6 is 0 Å². The minimum absolute atomic E-state index is 0. The van der Waals surface area contributed by atoms with Crippen LogP contribution in [0.5, 0.6) is 0 Å². The summed E-state index contributed by atoms with van der Waals surface area (Å²) in [7, 11) is 0. The molecule has 3 heteroatoms. The highest BCUT2D eigenvalue weighted by molar-refractivity contribution is 5.30. The third-order valence-corrected chi connectivity index (χ3v) is 2.83. The van der Waals surface area contributed by atoms with Crippen LogP contribution in [0.4, 0.5) is 5.95 Å². The lowest BCUT2D eigenvalue weighted by molar-refractivity contribution is 0.434. The van der Waals surface area contributed by atoms with Gasteiger partial charge < -0.3 is 4.90 Å². The topological polar surface area (TPSA) is 29.0 Å². The number of nitrogens with zero attached hydrogens (tertiary/aromatic N) is 3. The Morgan fingerprint density at radius 3 is 2.19 bits per heavy atom. The van der Waals surface area contributed by atoms with Gasteiger partial charge in [-0.1, -0.05) is 20.8 Å². The van der Waals surface area contributed by atoms with E-state index in [0.29, 0.717) is 0 Å². The molecule has 0 N–H and O–H groups in total. The highest BCUT2D eigenvalue weighted by atomic mass is 15.2. The predicted octanol–water partition coefficient (Wildman–Crippen LogP) is 3.29. The summed E-state index contributed by atoms with van der Waals surface area (Å²) < 4.78 is 0. The summed E-state index contributed by atoms with van der Waals surface area (Å²) in [6.45, 7) is 10.5. The Hall–Kier alpha value is -1.12. The van der Waals surface area contributed by atoms with Gasteiger partial charge in [-0.3, -0.25) is 0 Å². The van der Waals surface area contributed by atoms with Crippen molar-refractivity contribution in [2.45, 2.75) is 40.5 Å². The maximum Gasteiger partial charge on any atom is 0.225 e. The molecule has 1 aliphatic heterocycles. The third-order valence-electron chi connectivity index (χ3n) is 2.83. The molecule has 0 amide bonds. The highest BCUT2D eigenvalue weighted by Gasteiger charge is 2.17. The Morgan fingerprint density at radius 2 is 1.69 bits per heavy atom. The van der Waals surface area contributed by atoms with Gasteiger partial charge in [0, 0.05) is 26.9 Å². The molecule has 16 heavy (non-hydrogen) atoms. The van der Waals surface area contributed by atoms with Crippen molar-refractivity contribution >= 4 is 5.95 Å². The number of aryl methyl sites for hydroxylation is 1. The first kappa shape index (κ1) is 12.9. The molecule has 0 atom stereocenters. The Balaban J connectivity index is 0.000000811. The van der Waals surface area contributed by atoms with E-state index in [1.54, 1.807) is 0 Å². The van der Waals surface area contributed by atoms with Gasteiger partial charge >= 0.3 is 0 Å². The smallest absolute Gasteiger partial charge is 0.225 e. The second kappa shape index (κ2) is 6.46. The molecule has 2 rings (SSSR count). The van der Waals surface area contributed by atoms with Crippen LogP contribution < -0.4 is 4.90 Å². The second-order valence-electron chi connectivity index (χ2n) is 4.23. The van der Waals surface area contributed by atoms with E-state index >= 15 is 0 Å². The molecule has 0 saturated carbocycles. The van der Waals surface area contributed by atoms with Gasteiger partial charge in [0.2, 0.25) is 5.95 Å². The van der Waals surface area contributed by atoms with E-state index in [0.717, 1.165) is 30.5 Å². The maximum atomic E-state index is 4.34. The van der Waals surface area contributed by atoms with Gasteiger partial charge in [-0.15, -0.1) is 0 Å². The Bertz CT molecular complexity index is 292. The van der Waals surface area contributed by atoms with Crippen LogP contribution in [0.25, 0.3) is 0 Å². The van der Waals surface area contributed by atoms with E-state index in [4.69, 9.17) is 0 Å². The van der Waals surface area contributed by atoms with Crippen LogP contribution in [-0.4, -0.2) is 23.1 Å². The minimum atomic E-state index is 0. The van der Waals surface area contributed by atoms with Crippen molar-refractivity contribution in [3.8, 4) is 0 Å². The molecule has 2 heterocycles. The lowest BCUT2D eigenvalue weighted by Crippen LogP contribution is -2.33. The molecular weight excluding hydrogens is 198 g/mol. The molecule has 0 unspecified atom stereocenters. The first-order chi connectivity index (χ1) is 7.75. The fourth-order valence-electron chi connectivity index (χ4n) is 1.76. The van der Waals surface area contributed by atoms with Gasteiger partial charge in [0.05, 0.1) is 0 Å². The van der Waals surface area contributed by atoms with Crippen molar-refractivity contribution < 1.29 is 1.43 Å². The monoisotopic (exact) mass is 223 g/mol. The van der Waals surface area contributed by atoms with E-state index in [-0.39, 0.29) is 1.43 Å². The van der Waals surface area contributed by atoms with Crippen molar-refractivity contribution in [1.82, 2.24) is 9.97 Å². The number of piperidine rings is 1. The normalized spacial score (nSPS) is 16.6. The Kier molecular flexibility index (Phi) is 5.23. The third kappa shape index (κ3) is 3.47. The van der Waals surface area contributed by atoms with Crippen molar-refractivity contribution in [3.63, 3.8) is 0 Å². The van der Waals surface area contributed by atoms with Gasteiger partial charge in [0.25, 0.3) is 0 Å². The highest BCUT2D eigenvalue weighted by Crippen LogP contribution is 2.19. The lowest BCUT2D eigenvalue weighted by Gasteiger charge is -2.30. The maximum absolute atomic E-state index is 4.34. The number of anilines is 1. The molecule has 0 aromatic carbocycles. The largest absolute Gasteiger partial charge is 0.341 e. The van der Waals surface area contributed by atoms with Crippen LogP contribution in [-0.2, 0) is 0 Å². The Morgan fingerprint density at radius 1 is 1.19 bits per heavy atom. The predicted molar refractivity (Wildman–Crippen MR) is 70.8 cm³/mol. The SMILES string of the molecule is CC.Cc1cnc(N2CCC(C)CC2)nc1.[HH]. The number of hydrogen-bond donors (Lipinski definition) is 0. The molecule has 3 nitrogen and oxygen atoms in total. The first-order valence-electron chi connectivity index (χ1n) is 6.29. The molecule has 0 bridgehead atoms. The first-order valence-corrected chi connectivity index (χ1v) is 6.29. The molecule has 1 aliphatic rings. The molecule has 1 fully saturated rings. The van der Waals surface area contributed by atoms with E-state index in [1.807, 2.05) is 33.2 Å². The van der Waals surface area contributed by atoms with Crippen LogP contribution in [0.2, 0.25) is 0 Å². The van der Waals surface area contributed by atoms with E-state index < -0.39 is 0 Å². The molecule has 1 aromatic rings. The van der Waals surface area contributed by atoms with Crippen molar-refractivity contribution in [3.05, 3.63) is 18.0 Å². The summed E-state index contributed by atoms with van der Waals surface area (Å²) in [5, 5.41) is 0. The van der Waals surface area contributed by atoms with Crippen molar-refractivity contribution in [2.75, 3.05) is 18.0 Å². The summed E-state index contributed by atoms with van der Waals surface area (Å²) in [5.41, 5.74) is 1.12. The average Bonchev–Trinajstić information content (AvgIpc) is 2.34. The van der Waals surface area contributed by atoms with Gasteiger partial charge in [0.1, 0.15) is 0 Å². The average molecular weight is 223 g/mol. The summed E-state index contributed by atoms with van der Waals surface area (Å²) in [6, 6.07) is 0. The van der Waals surface area contributed by atoms with Crippen molar-refractivity contribution in [2.24, 2.45) is 5.92 Å². The van der Waals surface area contributed by atoms with Crippen molar-refractivity contribution in [1.29, 1.82) is 0 Å². The van der Waals surface area contributed by atoms with Gasteiger partial charge in [-0.05, 0) is 31.2 Å². The van der Waals surface area contributed by atoms with Crippen LogP contribution in [0.15, 0.2) is 12.4 Å². The Labute approximate surface area is 100 Å². The number of aromatic nitrogens is 2. The quantitative estimate of drug-likeness (QED) is 0.731. The minimum Gasteiger partial charge on any atom is -0.341 e. The molecule has 0 spiro atoms. The summed E-state index contributed by atoms with van der Waals surface area (Å²) >= 11 is 0. The molecule has 0 aliphatic carbocycles. The van der Waals surface area contributed by atoms with E-state index in [2.05, 4.69) is 21.8 Å². The van der Waals surface area contributed by atoms with E-state index in [9.17, 15) is 0 Å². The van der Waals surface area contributed by atoms with Gasteiger partial charge in [-0.2, -0.15) is 0 Å². The number of hydrogen-bond acceptors (Lipinski definition) is 3.